The molecule has 5 nitrogen and oxygen atoms in total. The minimum Gasteiger partial charge on any atom is -0.449 e. The SMILES string of the molecule is C[C@@H](OC(=O)c1cc(Cl)nc2ccccc12)C(=O)Nc1ccccc1. The average Bonchev–Trinajstić information content (AvgIpc) is 2.61. The number of carbonyl (C=O) groups is 2. The fourth-order valence-corrected chi connectivity index (χ4v) is 2.56. The molecule has 0 aliphatic carbocycles. The monoisotopic (exact) mass is 354 g/mol. The van der Waals surface area contributed by atoms with Crippen molar-refractivity contribution in [1.82, 2.24) is 4.98 Å². The standard InChI is InChI=1S/C19H15ClN2O3/c1-12(18(23)21-13-7-3-2-4-8-13)25-19(24)15-11-17(20)22-16-10-6-5-9-14(15)16/h2-12H,1H3,(H,21,23)/t12-/m1/s1. The molecule has 0 aliphatic heterocycles. The predicted molar refractivity (Wildman–Crippen MR) is 96.7 cm³/mol. The number of anilines is 1. The van der Waals surface area contributed by atoms with Crippen molar-refractivity contribution >= 4 is 40.1 Å². The van der Waals surface area contributed by atoms with Gasteiger partial charge in [0.1, 0.15) is 5.15 Å². The highest BCUT2D eigenvalue weighted by Crippen LogP contribution is 2.22. The number of esters is 1. The van der Waals surface area contributed by atoms with Crippen LogP contribution < -0.4 is 5.32 Å². The lowest BCUT2D eigenvalue weighted by Gasteiger charge is -2.14. The second-order valence-electron chi connectivity index (χ2n) is 5.41. The van der Waals surface area contributed by atoms with E-state index in [2.05, 4.69) is 10.3 Å². The lowest BCUT2D eigenvalue weighted by atomic mass is 10.1. The quantitative estimate of drug-likeness (QED) is 0.566. The molecule has 126 valence electrons. The molecule has 1 aromatic heterocycles. The molecule has 3 aromatic rings. The summed E-state index contributed by atoms with van der Waals surface area (Å²) in [5.74, 6) is -1.04. The second kappa shape index (κ2) is 7.32. The van der Waals surface area contributed by atoms with Gasteiger partial charge in [-0.1, -0.05) is 48.0 Å². The molecule has 6 heteroatoms. The normalized spacial score (nSPS) is 11.8. The number of benzene rings is 2. The highest BCUT2D eigenvalue weighted by Gasteiger charge is 2.21. The van der Waals surface area contributed by atoms with Crippen LogP contribution in [-0.2, 0) is 9.53 Å². The zero-order valence-electron chi connectivity index (χ0n) is 13.4. The number of para-hydroxylation sites is 2. The summed E-state index contributed by atoms with van der Waals surface area (Å²) in [6.07, 6.45) is -0.960. The molecule has 0 fully saturated rings. The highest BCUT2D eigenvalue weighted by molar-refractivity contribution is 6.30. The van der Waals surface area contributed by atoms with Crippen molar-refractivity contribution in [2.75, 3.05) is 5.32 Å². The van der Waals surface area contributed by atoms with Gasteiger partial charge in [-0.15, -0.1) is 0 Å². The van der Waals surface area contributed by atoms with E-state index in [-0.39, 0.29) is 10.7 Å². The Balaban J connectivity index is 1.77. The molecule has 3 rings (SSSR count). The van der Waals surface area contributed by atoms with Crippen LogP contribution in [0.1, 0.15) is 17.3 Å². The molecule has 0 bridgehead atoms. The number of hydrogen-bond acceptors (Lipinski definition) is 4. The Hall–Kier alpha value is -2.92. The summed E-state index contributed by atoms with van der Waals surface area (Å²) in [4.78, 5) is 28.8. The maximum absolute atomic E-state index is 12.5. The molecule has 25 heavy (non-hydrogen) atoms. The van der Waals surface area contributed by atoms with Crippen molar-refractivity contribution in [3.63, 3.8) is 0 Å². The molecule has 0 aliphatic rings. The smallest absolute Gasteiger partial charge is 0.339 e. The first kappa shape index (κ1) is 16.9. The van der Waals surface area contributed by atoms with Gasteiger partial charge in [-0.2, -0.15) is 0 Å². The summed E-state index contributed by atoms with van der Waals surface area (Å²) in [7, 11) is 0. The average molecular weight is 355 g/mol. The molecule has 0 radical (unpaired) electrons. The third-order valence-corrected chi connectivity index (χ3v) is 3.79. The van der Waals surface area contributed by atoms with E-state index in [0.29, 0.717) is 16.6 Å². The van der Waals surface area contributed by atoms with Gasteiger partial charge >= 0.3 is 5.97 Å². The maximum atomic E-state index is 12.5. The molecule has 1 atom stereocenters. The number of amides is 1. The molecular formula is C19H15ClN2O3. The van der Waals surface area contributed by atoms with Gasteiger partial charge in [0, 0.05) is 11.1 Å². The fourth-order valence-electron chi connectivity index (χ4n) is 2.35. The molecule has 2 aromatic carbocycles. The van der Waals surface area contributed by atoms with Gasteiger partial charge in [-0.3, -0.25) is 4.79 Å². The number of halogens is 1. The summed E-state index contributed by atoms with van der Waals surface area (Å²) in [6.45, 7) is 1.52. The van der Waals surface area contributed by atoms with Crippen molar-refractivity contribution in [3.8, 4) is 0 Å². The summed E-state index contributed by atoms with van der Waals surface area (Å²) in [5.41, 5.74) is 1.49. The number of aromatic nitrogens is 1. The van der Waals surface area contributed by atoms with E-state index in [1.807, 2.05) is 6.07 Å². The molecule has 0 saturated heterocycles. The largest absolute Gasteiger partial charge is 0.449 e. The summed E-state index contributed by atoms with van der Waals surface area (Å²) in [5, 5.41) is 3.50. The first-order valence-corrected chi connectivity index (χ1v) is 8.04. The number of fused-ring (bicyclic) bond motifs is 1. The second-order valence-corrected chi connectivity index (χ2v) is 5.80. The number of rotatable bonds is 4. The van der Waals surface area contributed by atoms with Crippen LogP contribution in [0.3, 0.4) is 0 Å². The van der Waals surface area contributed by atoms with Gasteiger partial charge in [-0.25, -0.2) is 9.78 Å². The van der Waals surface area contributed by atoms with Crippen molar-refractivity contribution in [2.24, 2.45) is 0 Å². The number of ether oxygens (including phenoxy) is 1. The number of pyridine rings is 1. The zero-order valence-corrected chi connectivity index (χ0v) is 14.2. The van der Waals surface area contributed by atoms with Crippen molar-refractivity contribution in [3.05, 3.63) is 71.4 Å². The Morgan fingerprint density at radius 2 is 1.76 bits per heavy atom. The van der Waals surface area contributed by atoms with Gasteiger partial charge < -0.3 is 10.1 Å². The first-order valence-electron chi connectivity index (χ1n) is 7.67. The molecule has 1 amide bonds. The molecular weight excluding hydrogens is 340 g/mol. The van der Waals surface area contributed by atoms with E-state index in [1.165, 1.54) is 13.0 Å². The predicted octanol–water partition coefficient (Wildman–Crippen LogP) is 4.07. The molecule has 1 N–H and O–H groups in total. The van der Waals surface area contributed by atoms with Crippen LogP contribution in [0, 0.1) is 0 Å². The Morgan fingerprint density at radius 1 is 1.08 bits per heavy atom. The fraction of sp³-hybridized carbons (Fsp3) is 0.105. The van der Waals surface area contributed by atoms with Crippen LogP contribution in [0.25, 0.3) is 10.9 Å². The number of nitrogens with one attached hydrogen (secondary N) is 1. The van der Waals surface area contributed by atoms with Gasteiger partial charge in [0.15, 0.2) is 6.10 Å². The number of hydrogen-bond donors (Lipinski definition) is 1. The van der Waals surface area contributed by atoms with E-state index < -0.39 is 18.0 Å². The maximum Gasteiger partial charge on any atom is 0.339 e. The summed E-state index contributed by atoms with van der Waals surface area (Å²) >= 11 is 5.98. The third-order valence-electron chi connectivity index (χ3n) is 3.60. The Bertz CT molecular complexity index is 928. The van der Waals surface area contributed by atoms with Gasteiger partial charge in [0.2, 0.25) is 0 Å². The van der Waals surface area contributed by atoms with Crippen LogP contribution in [-0.4, -0.2) is 23.0 Å². The first-order chi connectivity index (χ1) is 12.0. The minimum atomic E-state index is -0.960. The number of nitrogens with zero attached hydrogens (tertiary/aromatic N) is 1. The summed E-state index contributed by atoms with van der Waals surface area (Å²) < 4.78 is 5.30. The van der Waals surface area contributed by atoms with E-state index in [1.54, 1.807) is 48.5 Å². The van der Waals surface area contributed by atoms with E-state index in [4.69, 9.17) is 16.3 Å². The van der Waals surface area contributed by atoms with Crippen molar-refractivity contribution in [1.29, 1.82) is 0 Å². The van der Waals surface area contributed by atoms with Crippen LogP contribution in [0.15, 0.2) is 60.7 Å². The molecule has 0 unspecified atom stereocenters. The van der Waals surface area contributed by atoms with Crippen LogP contribution in [0.5, 0.6) is 0 Å². The van der Waals surface area contributed by atoms with Gasteiger partial charge in [-0.05, 0) is 31.2 Å². The Morgan fingerprint density at radius 3 is 2.52 bits per heavy atom. The van der Waals surface area contributed by atoms with Crippen molar-refractivity contribution in [2.45, 2.75) is 13.0 Å². The van der Waals surface area contributed by atoms with E-state index in [9.17, 15) is 9.59 Å². The van der Waals surface area contributed by atoms with Crippen molar-refractivity contribution < 1.29 is 14.3 Å². The van der Waals surface area contributed by atoms with Crippen LogP contribution in [0.2, 0.25) is 5.15 Å². The van der Waals surface area contributed by atoms with Crippen LogP contribution >= 0.6 is 11.6 Å². The lowest BCUT2D eigenvalue weighted by molar-refractivity contribution is -0.123. The lowest BCUT2D eigenvalue weighted by Crippen LogP contribution is -2.30. The van der Waals surface area contributed by atoms with Gasteiger partial charge in [0.05, 0.1) is 11.1 Å². The van der Waals surface area contributed by atoms with E-state index in [0.717, 1.165) is 0 Å². The highest BCUT2D eigenvalue weighted by atomic mass is 35.5. The Labute approximate surface area is 149 Å². The minimum absolute atomic E-state index is 0.187. The third kappa shape index (κ3) is 3.95. The topological polar surface area (TPSA) is 68.3 Å². The molecule has 0 saturated carbocycles. The van der Waals surface area contributed by atoms with Gasteiger partial charge in [0.25, 0.3) is 5.91 Å². The van der Waals surface area contributed by atoms with Crippen LogP contribution in [0.4, 0.5) is 5.69 Å². The summed E-state index contributed by atoms with van der Waals surface area (Å²) in [6, 6.07) is 17.5. The zero-order chi connectivity index (χ0) is 17.8. The molecule has 0 spiro atoms. The van der Waals surface area contributed by atoms with E-state index >= 15 is 0 Å². The Kier molecular flexibility index (Phi) is 4.95. The number of carbonyl (C=O) groups excluding carboxylic acids is 2. The molecule has 1 heterocycles.